The lowest BCUT2D eigenvalue weighted by atomic mass is 10.2. The first-order chi connectivity index (χ1) is 4.62. The van der Waals surface area contributed by atoms with Gasteiger partial charge in [-0.25, -0.2) is 0 Å². The quantitative estimate of drug-likeness (QED) is 0.282. The molecule has 0 atom stereocenters. The molecule has 0 fully saturated rings. The molecule has 0 saturated carbocycles. The number of nitrogens with two attached hydrogens (primary N) is 3. The molecule has 0 aliphatic heterocycles. The van der Waals surface area contributed by atoms with Crippen molar-refractivity contribution in [3.63, 3.8) is 0 Å². The zero-order valence-electron chi connectivity index (χ0n) is 6.56. The van der Waals surface area contributed by atoms with Crippen LogP contribution in [-0.2, 0) is 0 Å². The molecular formula is C6H18N4. The predicted molar refractivity (Wildman–Crippen MR) is 43.3 cm³/mol. The SMILES string of the molecule is CCCNCC(N)(N)CN. The van der Waals surface area contributed by atoms with Gasteiger partial charge in [-0.3, -0.25) is 0 Å². The van der Waals surface area contributed by atoms with Gasteiger partial charge in [0.1, 0.15) is 0 Å². The van der Waals surface area contributed by atoms with E-state index in [-0.39, 0.29) is 0 Å². The van der Waals surface area contributed by atoms with Gasteiger partial charge in [-0.2, -0.15) is 0 Å². The number of nitrogens with one attached hydrogen (secondary N) is 1. The van der Waals surface area contributed by atoms with E-state index in [0.29, 0.717) is 13.1 Å². The second-order valence-electron chi connectivity index (χ2n) is 2.61. The van der Waals surface area contributed by atoms with Crippen molar-refractivity contribution in [2.45, 2.75) is 19.0 Å². The first-order valence-electron chi connectivity index (χ1n) is 3.61. The summed E-state index contributed by atoms with van der Waals surface area (Å²) in [5, 5.41) is 3.10. The Morgan fingerprint density at radius 1 is 1.40 bits per heavy atom. The van der Waals surface area contributed by atoms with Crippen LogP contribution in [-0.4, -0.2) is 25.3 Å². The van der Waals surface area contributed by atoms with Gasteiger partial charge in [0.25, 0.3) is 0 Å². The normalized spacial score (nSPS) is 12.0. The zero-order valence-corrected chi connectivity index (χ0v) is 6.56. The minimum absolute atomic E-state index is 0.309. The first-order valence-corrected chi connectivity index (χ1v) is 3.61. The summed E-state index contributed by atoms with van der Waals surface area (Å²) in [4.78, 5) is 0. The Labute approximate surface area is 62.1 Å². The molecular weight excluding hydrogens is 128 g/mol. The Morgan fingerprint density at radius 3 is 2.40 bits per heavy atom. The first kappa shape index (κ1) is 9.84. The van der Waals surface area contributed by atoms with Crippen LogP contribution in [0.4, 0.5) is 0 Å². The Morgan fingerprint density at radius 2 is 2.00 bits per heavy atom. The van der Waals surface area contributed by atoms with Crippen LogP contribution in [0.5, 0.6) is 0 Å². The van der Waals surface area contributed by atoms with Crippen LogP contribution in [0, 0.1) is 0 Å². The van der Waals surface area contributed by atoms with E-state index in [1.54, 1.807) is 0 Å². The standard InChI is InChI=1S/C6H18N4/c1-2-3-10-5-6(8,9)4-7/h10H,2-5,7-9H2,1H3. The van der Waals surface area contributed by atoms with Gasteiger partial charge < -0.3 is 22.5 Å². The summed E-state index contributed by atoms with van der Waals surface area (Å²) in [5.41, 5.74) is 15.7. The van der Waals surface area contributed by atoms with Gasteiger partial charge >= 0.3 is 0 Å². The zero-order chi connectivity index (χ0) is 8.04. The van der Waals surface area contributed by atoms with Crippen LogP contribution in [0.15, 0.2) is 0 Å². The lowest BCUT2D eigenvalue weighted by molar-refractivity contribution is 0.418. The predicted octanol–water partition coefficient (Wildman–Crippen LogP) is -1.44. The Bertz CT molecular complexity index is 81.8. The Hall–Kier alpha value is -0.160. The van der Waals surface area contributed by atoms with Gasteiger partial charge in [0.15, 0.2) is 0 Å². The summed E-state index contributed by atoms with van der Waals surface area (Å²) >= 11 is 0. The Balaban J connectivity index is 3.28. The van der Waals surface area contributed by atoms with Crippen molar-refractivity contribution in [2.75, 3.05) is 19.6 Å². The molecule has 62 valence electrons. The third kappa shape index (κ3) is 4.69. The molecule has 0 saturated heterocycles. The third-order valence-electron chi connectivity index (χ3n) is 1.26. The summed E-state index contributed by atoms with van der Waals surface area (Å²) in [7, 11) is 0. The van der Waals surface area contributed by atoms with Crippen LogP contribution in [0.3, 0.4) is 0 Å². The summed E-state index contributed by atoms with van der Waals surface area (Å²) in [6, 6.07) is 0. The van der Waals surface area contributed by atoms with Crippen molar-refractivity contribution < 1.29 is 0 Å². The molecule has 0 bridgehead atoms. The van der Waals surface area contributed by atoms with E-state index in [0.717, 1.165) is 13.0 Å². The average Bonchev–Trinajstić information content (AvgIpc) is 1.89. The molecule has 4 nitrogen and oxygen atoms in total. The fourth-order valence-corrected chi connectivity index (χ4v) is 0.570. The fraction of sp³-hybridized carbons (Fsp3) is 1.00. The number of hydrogen-bond acceptors (Lipinski definition) is 4. The van der Waals surface area contributed by atoms with Gasteiger partial charge in [0.2, 0.25) is 0 Å². The molecule has 0 spiro atoms. The summed E-state index contributed by atoms with van der Waals surface area (Å²) < 4.78 is 0. The van der Waals surface area contributed by atoms with Crippen LogP contribution in [0.1, 0.15) is 13.3 Å². The molecule has 0 radical (unpaired) electrons. The molecule has 4 heteroatoms. The molecule has 0 aliphatic rings. The second-order valence-corrected chi connectivity index (χ2v) is 2.61. The average molecular weight is 146 g/mol. The van der Waals surface area contributed by atoms with Crippen LogP contribution < -0.4 is 22.5 Å². The highest BCUT2D eigenvalue weighted by Crippen LogP contribution is 1.82. The monoisotopic (exact) mass is 146 g/mol. The van der Waals surface area contributed by atoms with Gasteiger partial charge in [0, 0.05) is 13.1 Å². The number of rotatable bonds is 5. The van der Waals surface area contributed by atoms with Crippen molar-refractivity contribution in [1.29, 1.82) is 0 Å². The van der Waals surface area contributed by atoms with Crippen LogP contribution in [0.25, 0.3) is 0 Å². The Kier molecular flexibility index (Phi) is 4.55. The summed E-state index contributed by atoms with van der Waals surface area (Å²) in [5.74, 6) is 0. The molecule has 7 N–H and O–H groups in total. The highest BCUT2D eigenvalue weighted by atomic mass is 15.1. The summed E-state index contributed by atoms with van der Waals surface area (Å²) in [6.07, 6.45) is 1.08. The van der Waals surface area contributed by atoms with Crippen molar-refractivity contribution in [2.24, 2.45) is 17.2 Å². The minimum atomic E-state index is -0.741. The molecule has 10 heavy (non-hydrogen) atoms. The minimum Gasteiger partial charge on any atom is -0.327 e. The van der Waals surface area contributed by atoms with E-state index >= 15 is 0 Å². The molecule has 0 aromatic rings. The van der Waals surface area contributed by atoms with Crippen molar-refractivity contribution in [3.05, 3.63) is 0 Å². The number of hydrogen-bond donors (Lipinski definition) is 4. The molecule has 0 heterocycles. The largest absolute Gasteiger partial charge is 0.327 e. The summed E-state index contributed by atoms with van der Waals surface area (Å²) in [6.45, 7) is 3.92. The molecule has 0 aromatic heterocycles. The molecule has 0 unspecified atom stereocenters. The molecule has 0 amide bonds. The maximum Gasteiger partial charge on any atom is 0.0890 e. The maximum absolute atomic E-state index is 5.55. The maximum atomic E-state index is 5.55. The van der Waals surface area contributed by atoms with E-state index < -0.39 is 5.66 Å². The van der Waals surface area contributed by atoms with Gasteiger partial charge in [-0.15, -0.1) is 0 Å². The lowest BCUT2D eigenvalue weighted by Crippen LogP contribution is -2.61. The smallest absolute Gasteiger partial charge is 0.0890 e. The van der Waals surface area contributed by atoms with Crippen LogP contribution >= 0.6 is 0 Å². The molecule has 0 aromatic carbocycles. The van der Waals surface area contributed by atoms with Crippen molar-refractivity contribution in [3.8, 4) is 0 Å². The molecule has 0 rings (SSSR count). The van der Waals surface area contributed by atoms with E-state index in [2.05, 4.69) is 12.2 Å². The van der Waals surface area contributed by atoms with Gasteiger partial charge in [0.05, 0.1) is 5.66 Å². The van der Waals surface area contributed by atoms with E-state index in [4.69, 9.17) is 17.2 Å². The lowest BCUT2D eigenvalue weighted by Gasteiger charge is -2.22. The third-order valence-corrected chi connectivity index (χ3v) is 1.26. The highest BCUT2D eigenvalue weighted by molar-refractivity contribution is 4.79. The second kappa shape index (κ2) is 4.62. The fourth-order valence-electron chi connectivity index (χ4n) is 0.570. The topological polar surface area (TPSA) is 90.1 Å². The molecule has 0 aliphatic carbocycles. The van der Waals surface area contributed by atoms with Crippen molar-refractivity contribution in [1.82, 2.24) is 5.32 Å². The van der Waals surface area contributed by atoms with E-state index in [1.807, 2.05) is 0 Å². The van der Waals surface area contributed by atoms with E-state index in [9.17, 15) is 0 Å². The van der Waals surface area contributed by atoms with E-state index in [1.165, 1.54) is 0 Å². The highest BCUT2D eigenvalue weighted by Gasteiger charge is 2.14. The van der Waals surface area contributed by atoms with Crippen LogP contribution in [0.2, 0.25) is 0 Å². The van der Waals surface area contributed by atoms with Crippen molar-refractivity contribution >= 4 is 0 Å². The van der Waals surface area contributed by atoms with Gasteiger partial charge in [-0.1, -0.05) is 6.92 Å². The van der Waals surface area contributed by atoms with Gasteiger partial charge in [-0.05, 0) is 13.0 Å².